The largest absolute Gasteiger partial charge is 0.496 e. The van der Waals surface area contributed by atoms with Crippen LogP contribution in [-0.4, -0.2) is 28.4 Å². The van der Waals surface area contributed by atoms with Crippen molar-refractivity contribution in [3.05, 3.63) is 207 Å². The van der Waals surface area contributed by atoms with Crippen LogP contribution in [0.5, 0.6) is 23.0 Å². The molecule has 0 radical (unpaired) electrons. The molecule has 0 saturated carbocycles. The van der Waals surface area contributed by atoms with E-state index in [2.05, 4.69) is 206 Å². The minimum Gasteiger partial charge on any atom is -0.496 e. The number of halogens is 5. The zero-order valence-electron chi connectivity index (χ0n) is 56.1. The Morgan fingerprint density at radius 2 is 0.726 bits per heavy atom. The van der Waals surface area contributed by atoms with Crippen LogP contribution in [-0.2, 0) is 37.9 Å². The summed E-state index contributed by atoms with van der Waals surface area (Å²) in [5.41, 5.74) is 12.5. The number of aryl methyl sites for hydroxylation is 2. The summed E-state index contributed by atoms with van der Waals surface area (Å²) in [6.45, 7) is 50.0. The van der Waals surface area contributed by atoms with Gasteiger partial charge in [0, 0.05) is 36.2 Å². The van der Waals surface area contributed by atoms with Gasteiger partial charge in [-0.15, -0.1) is 0 Å². The molecule has 4 nitrogen and oxygen atoms in total. The van der Waals surface area contributed by atoms with Gasteiger partial charge in [-0.2, -0.15) is 11.3 Å². The van der Waals surface area contributed by atoms with Gasteiger partial charge < -0.3 is 18.9 Å². The van der Waals surface area contributed by atoms with Crippen LogP contribution in [0, 0.1) is 13.8 Å². The lowest BCUT2D eigenvalue weighted by Crippen LogP contribution is -2.14. The molecule has 6 aromatic carbocycles. The van der Waals surface area contributed by atoms with Crippen LogP contribution < -0.4 is 18.9 Å². The van der Waals surface area contributed by atoms with Crippen molar-refractivity contribution in [1.82, 2.24) is 0 Å². The Labute approximate surface area is 540 Å². The molecule has 0 aliphatic heterocycles. The predicted molar refractivity (Wildman–Crippen MR) is 375 cm³/mol. The van der Waals surface area contributed by atoms with Gasteiger partial charge in [-0.1, -0.05) is 264 Å². The van der Waals surface area contributed by atoms with Crippen LogP contribution in [0.15, 0.2) is 132 Å². The molecule has 0 unspecified atom stereocenters. The summed E-state index contributed by atoms with van der Waals surface area (Å²) in [4.78, 5) is 0. The number of rotatable bonds is 4. The van der Waals surface area contributed by atoms with E-state index in [4.69, 9.17) is 77.0 Å². The van der Waals surface area contributed by atoms with E-state index in [9.17, 15) is 0 Å². The second kappa shape index (κ2) is 33.7. The lowest BCUT2D eigenvalue weighted by Gasteiger charge is -2.23. The van der Waals surface area contributed by atoms with Crippen molar-refractivity contribution in [2.45, 2.75) is 197 Å². The maximum atomic E-state index is 6.03. The smallest absolute Gasteiger partial charge is 0.164 e. The second-order valence-electron chi connectivity index (χ2n) is 27.8. The van der Waals surface area contributed by atoms with Crippen LogP contribution >= 0.6 is 69.3 Å². The van der Waals surface area contributed by atoms with Crippen molar-refractivity contribution in [1.29, 1.82) is 0 Å². The molecule has 84 heavy (non-hydrogen) atoms. The fourth-order valence-corrected chi connectivity index (χ4v) is 11.7. The van der Waals surface area contributed by atoms with E-state index in [1.807, 2.05) is 78.9 Å². The summed E-state index contributed by atoms with van der Waals surface area (Å²) in [7, 11) is 6.72. The molecule has 0 N–H and O–H groups in total. The zero-order chi connectivity index (χ0) is 65.0. The van der Waals surface area contributed by atoms with Gasteiger partial charge in [0.2, 0.25) is 0 Å². The average molecular weight is 1270 g/mol. The first-order chi connectivity index (χ1) is 38.4. The van der Waals surface area contributed by atoms with Crippen molar-refractivity contribution in [3.8, 4) is 23.0 Å². The highest BCUT2D eigenvalue weighted by Crippen LogP contribution is 2.39. The molecule has 7 aromatic rings. The summed E-state index contributed by atoms with van der Waals surface area (Å²) in [6, 6.07) is 39.7. The highest BCUT2D eigenvalue weighted by atomic mass is 35.5. The molecule has 0 atom stereocenters. The molecule has 1 aromatic heterocycles. The highest BCUT2D eigenvalue weighted by molar-refractivity contribution is 7.08. The summed E-state index contributed by atoms with van der Waals surface area (Å²) in [6.07, 6.45) is 0. The van der Waals surface area contributed by atoms with Gasteiger partial charge >= 0.3 is 0 Å². The quantitative estimate of drug-likeness (QED) is 0.176. The van der Waals surface area contributed by atoms with E-state index in [1.54, 1.807) is 45.8 Å². The number of hydrogen-bond donors (Lipinski definition) is 0. The first-order valence-corrected chi connectivity index (χ1v) is 31.4. The number of hydrogen-bond acceptors (Lipinski definition) is 5. The van der Waals surface area contributed by atoms with E-state index in [-0.39, 0.29) is 32.5 Å². The Morgan fingerprint density at radius 1 is 0.321 bits per heavy atom. The third kappa shape index (κ3) is 26.3. The van der Waals surface area contributed by atoms with Crippen molar-refractivity contribution in [2.75, 3.05) is 28.4 Å². The summed E-state index contributed by atoms with van der Waals surface area (Å²) in [5, 5.41) is 8.01. The predicted octanol–water partition coefficient (Wildman–Crippen LogP) is 24.9. The van der Waals surface area contributed by atoms with Crippen molar-refractivity contribution in [3.63, 3.8) is 0 Å². The Bertz CT molecular complexity index is 2950. The molecule has 0 amide bonds. The van der Waals surface area contributed by atoms with E-state index < -0.39 is 0 Å². The topological polar surface area (TPSA) is 36.9 Å². The molecule has 0 aliphatic carbocycles. The van der Waals surface area contributed by atoms with Gasteiger partial charge in [-0.25, -0.2) is 0 Å². The molecule has 0 bridgehead atoms. The van der Waals surface area contributed by atoms with E-state index in [1.165, 1.54) is 33.4 Å². The molecule has 0 fully saturated rings. The number of benzene rings is 6. The van der Waals surface area contributed by atoms with Crippen LogP contribution in [0.25, 0.3) is 0 Å². The van der Waals surface area contributed by atoms with Crippen LogP contribution in [0.1, 0.15) is 195 Å². The number of ether oxygens (including phenoxy) is 4. The molecular formula is C74H103Cl5O4S. The highest BCUT2D eigenvalue weighted by Gasteiger charge is 2.24. The summed E-state index contributed by atoms with van der Waals surface area (Å²) >= 11 is 31.6. The summed E-state index contributed by atoms with van der Waals surface area (Å²) in [5.74, 6) is 3.50. The van der Waals surface area contributed by atoms with Crippen molar-refractivity contribution in [2.24, 2.45) is 0 Å². The Kier molecular flexibility index (Phi) is 31.2. The van der Waals surface area contributed by atoms with Gasteiger partial charge in [0.1, 0.15) is 11.5 Å². The van der Waals surface area contributed by atoms with Gasteiger partial charge in [0.05, 0.1) is 28.4 Å². The third-order valence-electron chi connectivity index (χ3n) is 13.2. The fraction of sp³-hybridized carbons (Fsp3) is 0.459. The molecule has 464 valence electrons. The first-order valence-electron chi connectivity index (χ1n) is 28.6. The van der Waals surface area contributed by atoms with E-state index >= 15 is 0 Å². The third-order valence-corrected chi connectivity index (χ3v) is 15.3. The Morgan fingerprint density at radius 3 is 1.08 bits per heavy atom. The lowest BCUT2D eigenvalue weighted by atomic mass is 9.81. The molecule has 1 heterocycles. The van der Waals surface area contributed by atoms with Crippen molar-refractivity contribution < 1.29 is 18.9 Å². The van der Waals surface area contributed by atoms with Gasteiger partial charge in [-0.05, 0) is 162 Å². The molecule has 0 spiro atoms. The Balaban J connectivity index is 0.000000491. The molecule has 0 saturated heterocycles. The molecular weight excluding hydrogens is 1160 g/mol. The Hall–Kier alpha value is -4.33. The van der Waals surface area contributed by atoms with E-state index in [0.29, 0.717) is 10.4 Å². The van der Waals surface area contributed by atoms with E-state index in [0.717, 1.165) is 59.8 Å². The number of thiophene rings is 1. The molecule has 7 rings (SSSR count). The fourth-order valence-electron chi connectivity index (χ4n) is 9.01. The lowest BCUT2D eigenvalue weighted by molar-refractivity contribution is 0.345. The maximum absolute atomic E-state index is 6.03. The van der Waals surface area contributed by atoms with Gasteiger partial charge in [0.25, 0.3) is 0 Å². The number of para-hydroxylation sites is 2. The van der Waals surface area contributed by atoms with Crippen molar-refractivity contribution >= 4 is 69.3 Å². The minimum absolute atomic E-state index is 0.00935. The summed E-state index contributed by atoms with van der Waals surface area (Å²) < 4.78 is 21.2. The van der Waals surface area contributed by atoms with Gasteiger partial charge in [0.15, 0.2) is 11.5 Å². The average Bonchev–Trinajstić information content (AvgIpc) is 3.57. The van der Waals surface area contributed by atoms with Crippen LogP contribution in [0.2, 0.25) is 25.1 Å². The second-order valence-corrected chi connectivity index (χ2v) is 30.7. The van der Waals surface area contributed by atoms with Crippen LogP contribution in [0.3, 0.4) is 0 Å². The normalized spacial score (nSPS) is 11.6. The zero-order valence-corrected chi connectivity index (χ0v) is 60.7. The maximum Gasteiger partial charge on any atom is 0.164 e. The first kappa shape index (κ1) is 77.7. The monoisotopic (exact) mass is 1260 g/mol. The molecule has 0 aliphatic rings. The van der Waals surface area contributed by atoms with Crippen LogP contribution in [0.4, 0.5) is 0 Å². The standard InChI is InChI=1S/C12H18O2.C12H18.C11H15ClO.C11H16O.2C10H12Cl2.C8H12S/c1-12(2,3)9-7-6-8-10(13-4)11(9)14-5;1-9-7-6-8-10(2)11(9)12(3,4)5;1-11(2,3)9-7-8(12)5-6-10(9)13-4;1-11(2,3)9-7-5-6-8-10(9)12-4;1-10(2,3)8-5-4-7(11)6-9(8)12;1-10(2,3)9-7(11)5-4-6-8(9)12;1-8(2,3)7-4-5-9-6-7/h6-8H,1-5H3;6-8H,1-5H3;5-7H,1-4H3;5-8H,1-4H3;2*4-6H,1-3H3;4-6H,1-3H3. The number of methoxy groups -OCH3 is 4. The SMILES string of the molecule is CC(C)(C)c1c(Cl)cccc1Cl.CC(C)(C)c1ccc(Cl)cc1Cl.CC(C)(C)c1ccsc1.COc1ccc(Cl)cc1C(C)(C)C.COc1cccc(C(C)(C)C)c1OC.COc1ccccc1C(C)(C)C.Cc1cccc(C)c1C(C)(C)C. The molecule has 10 heteroatoms. The minimum atomic E-state index is 0.00935. The van der Waals surface area contributed by atoms with Gasteiger partial charge in [-0.3, -0.25) is 0 Å².